The van der Waals surface area contributed by atoms with Crippen LogP contribution in [-0.2, 0) is 27.8 Å². The highest BCUT2D eigenvalue weighted by molar-refractivity contribution is 6.02. The lowest BCUT2D eigenvalue weighted by atomic mass is 10.2. The molecule has 0 fully saturated rings. The van der Waals surface area contributed by atoms with Gasteiger partial charge in [0, 0.05) is 25.2 Å². The molecule has 2 heterocycles. The van der Waals surface area contributed by atoms with Crippen LogP contribution in [-0.4, -0.2) is 47.3 Å². The lowest BCUT2D eigenvalue weighted by Gasteiger charge is -2.19. The van der Waals surface area contributed by atoms with Gasteiger partial charge in [0.15, 0.2) is 18.1 Å². The van der Waals surface area contributed by atoms with E-state index in [0.717, 1.165) is 0 Å². The zero-order valence-electron chi connectivity index (χ0n) is 18.3. The second kappa shape index (κ2) is 10.0. The number of aryl methyl sites for hydroxylation is 1. The zero-order chi connectivity index (χ0) is 24.1. The normalized spacial score (nSPS) is 12.1. The first-order valence-electron chi connectivity index (χ1n) is 10.5. The van der Waals surface area contributed by atoms with E-state index in [1.807, 2.05) is 0 Å². The lowest BCUT2D eigenvalue weighted by molar-refractivity contribution is -0.148. The van der Waals surface area contributed by atoms with Crippen molar-refractivity contribution in [1.82, 2.24) is 14.9 Å². The van der Waals surface area contributed by atoms with Crippen LogP contribution in [0, 0.1) is 0 Å². The predicted molar refractivity (Wildman–Crippen MR) is 121 cm³/mol. The fourth-order valence-electron chi connectivity index (χ4n) is 3.37. The van der Waals surface area contributed by atoms with Crippen LogP contribution in [0.2, 0.25) is 0 Å². The number of nitrogens with zero attached hydrogens (tertiary/aromatic N) is 2. The largest absolute Gasteiger partial charge is 0.486 e. The monoisotopic (exact) mass is 466 g/mol. The fraction of sp³-hybridized carbons (Fsp3) is 0.261. The minimum absolute atomic E-state index is 0.0880. The molecule has 176 valence electrons. The Morgan fingerprint density at radius 2 is 1.85 bits per heavy atom. The van der Waals surface area contributed by atoms with Crippen molar-refractivity contribution in [2.45, 2.75) is 12.8 Å². The minimum Gasteiger partial charge on any atom is -0.486 e. The number of ether oxygens (including phenoxy) is 3. The Labute approximate surface area is 193 Å². The molecule has 0 spiro atoms. The van der Waals surface area contributed by atoms with Crippen molar-refractivity contribution < 1.29 is 28.6 Å². The van der Waals surface area contributed by atoms with Crippen molar-refractivity contribution in [1.29, 1.82) is 0 Å². The summed E-state index contributed by atoms with van der Waals surface area (Å²) < 4.78 is 17.1. The maximum Gasteiger partial charge on any atom is 0.325 e. The predicted octanol–water partition coefficient (Wildman–Crippen LogP) is 1.53. The molecule has 0 saturated carbocycles. The van der Waals surface area contributed by atoms with Crippen molar-refractivity contribution in [3.8, 4) is 11.5 Å². The number of esters is 1. The first kappa shape index (κ1) is 22.8. The topological polar surface area (TPSA) is 138 Å². The number of para-hydroxylation sites is 1. The third-order valence-corrected chi connectivity index (χ3v) is 5.05. The third-order valence-electron chi connectivity index (χ3n) is 5.05. The Morgan fingerprint density at radius 1 is 1.09 bits per heavy atom. The number of amides is 3. The van der Waals surface area contributed by atoms with E-state index in [0.29, 0.717) is 47.1 Å². The van der Waals surface area contributed by atoms with Crippen LogP contribution in [0.5, 0.6) is 11.5 Å². The number of urea groups is 1. The van der Waals surface area contributed by atoms with Gasteiger partial charge >= 0.3 is 12.0 Å². The van der Waals surface area contributed by atoms with E-state index in [1.165, 1.54) is 4.57 Å². The number of nitrogens with one attached hydrogen (secondary N) is 2. The molecule has 11 heteroatoms. The van der Waals surface area contributed by atoms with Gasteiger partial charge in [-0.3, -0.25) is 24.3 Å². The Bertz CT molecular complexity index is 1320. The first-order chi connectivity index (χ1) is 16.4. The molecule has 0 bridgehead atoms. The quantitative estimate of drug-likeness (QED) is 0.522. The van der Waals surface area contributed by atoms with Crippen LogP contribution in [0.1, 0.15) is 12.2 Å². The molecular weight excluding hydrogens is 444 g/mol. The smallest absolute Gasteiger partial charge is 0.325 e. The first-order valence-corrected chi connectivity index (χ1v) is 10.5. The molecule has 11 nitrogen and oxygen atoms in total. The number of imide groups is 1. The van der Waals surface area contributed by atoms with Gasteiger partial charge in [0.05, 0.1) is 17.3 Å². The number of rotatable bonds is 6. The second-order valence-corrected chi connectivity index (χ2v) is 7.43. The molecule has 0 atom stereocenters. The van der Waals surface area contributed by atoms with Gasteiger partial charge in [-0.2, -0.15) is 0 Å². The molecule has 2 N–H and O–H groups in total. The van der Waals surface area contributed by atoms with Crippen LogP contribution in [0.4, 0.5) is 10.5 Å². The summed E-state index contributed by atoms with van der Waals surface area (Å²) in [7, 11) is 1.58. The average Bonchev–Trinajstić information content (AvgIpc) is 2.84. The van der Waals surface area contributed by atoms with Crippen molar-refractivity contribution in [2.75, 3.05) is 25.1 Å². The van der Waals surface area contributed by atoms with Crippen LogP contribution < -0.4 is 25.7 Å². The zero-order valence-corrected chi connectivity index (χ0v) is 18.3. The van der Waals surface area contributed by atoms with Gasteiger partial charge in [-0.15, -0.1) is 0 Å². The van der Waals surface area contributed by atoms with Crippen molar-refractivity contribution >= 4 is 34.5 Å². The molecule has 3 amide bonds. The molecular formula is C23H22N4O7. The standard InChI is InChI=1S/C23H22N4O7/c1-27-19(25-16-5-3-2-4-15(16)22(27)30)8-9-21(29)34-13-20(28)26-23(31)24-14-6-7-17-18(12-14)33-11-10-32-17/h2-7,12H,8-11,13H2,1H3,(H2,24,26,28,31). The number of carbonyl (C=O) groups is 3. The van der Waals surface area contributed by atoms with Gasteiger partial charge in [0.25, 0.3) is 11.5 Å². The number of carbonyl (C=O) groups excluding carboxylic acids is 3. The molecule has 4 rings (SSSR count). The molecule has 34 heavy (non-hydrogen) atoms. The summed E-state index contributed by atoms with van der Waals surface area (Å²) in [5.74, 6) is 0.0233. The van der Waals surface area contributed by atoms with Crippen LogP contribution in [0.25, 0.3) is 10.9 Å². The molecule has 0 aliphatic carbocycles. The summed E-state index contributed by atoms with van der Waals surface area (Å²) in [6.07, 6.45) is 0.0664. The van der Waals surface area contributed by atoms with E-state index in [1.54, 1.807) is 49.5 Å². The summed E-state index contributed by atoms with van der Waals surface area (Å²) in [6.45, 7) is 0.224. The number of benzene rings is 2. The van der Waals surface area contributed by atoms with E-state index in [2.05, 4.69) is 15.6 Å². The molecule has 1 aromatic heterocycles. The van der Waals surface area contributed by atoms with Crippen LogP contribution in [0.15, 0.2) is 47.3 Å². The molecule has 0 unspecified atom stereocenters. The van der Waals surface area contributed by atoms with Crippen molar-refractivity contribution in [3.63, 3.8) is 0 Å². The maximum atomic E-state index is 12.4. The third kappa shape index (κ3) is 5.31. The number of fused-ring (bicyclic) bond motifs is 2. The van der Waals surface area contributed by atoms with Crippen molar-refractivity contribution in [3.05, 3.63) is 58.6 Å². The average molecular weight is 466 g/mol. The summed E-state index contributed by atoms with van der Waals surface area (Å²) in [5.41, 5.74) is 0.731. The Morgan fingerprint density at radius 3 is 2.68 bits per heavy atom. The van der Waals surface area contributed by atoms with Gasteiger partial charge in [0.1, 0.15) is 19.0 Å². The second-order valence-electron chi connectivity index (χ2n) is 7.43. The highest BCUT2D eigenvalue weighted by Gasteiger charge is 2.15. The molecule has 0 saturated heterocycles. The molecule has 1 aliphatic heterocycles. The van der Waals surface area contributed by atoms with E-state index >= 15 is 0 Å². The summed E-state index contributed by atoms with van der Waals surface area (Å²) >= 11 is 0. The van der Waals surface area contributed by atoms with Gasteiger partial charge in [-0.25, -0.2) is 9.78 Å². The summed E-state index contributed by atoms with van der Waals surface area (Å²) in [4.78, 5) is 52.9. The number of anilines is 1. The highest BCUT2D eigenvalue weighted by atomic mass is 16.6. The fourth-order valence-corrected chi connectivity index (χ4v) is 3.37. The highest BCUT2D eigenvalue weighted by Crippen LogP contribution is 2.32. The van der Waals surface area contributed by atoms with Gasteiger partial charge in [-0.05, 0) is 24.3 Å². The van der Waals surface area contributed by atoms with E-state index in [9.17, 15) is 19.2 Å². The minimum atomic E-state index is -0.792. The van der Waals surface area contributed by atoms with Gasteiger partial charge < -0.3 is 19.5 Å². The van der Waals surface area contributed by atoms with Crippen molar-refractivity contribution in [2.24, 2.45) is 7.05 Å². The number of hydrogen-bond acceptors (Lipinski definition) is 8. The number of hydrogen-bond donors (Lipinski definition) is 2. The summed E-state index contributed by atoms with van der Waals surface area (Å²) in [5, 5.41) is 5.06. The summed E-state index contributed by atoms with van der Waals surface area (Å²) in [6, 6.07) is 11.0. The van der Waals surface area contributed by atoms with E-state index < -0.39 is 24.5 Å². The van der Waals surface area contributed by atoms with Crippen LogP contribution >= 0.6 is 0 Å². The van der Waals surface area contributed by atoms with Gasteiger partial charge in [-0.1, -0.05) is 12.1 Å². The Hall–Kier alpha value is -4.41. The molecule has 1 aliphatic rings. The Kier molecular flexibility index (Phi) is 6.72. The van der Waals surface area contributed by atoms with E-state index in [4.69, 9.17) is 14.2 Å². The molecule has 0 radical (unpaired) electrons. The molecule has 2 aromatic carbocycles. The van der Waals surface area contributed by atoms with E-state index in [-0.39, 0.29) is 18.4 Å². The molecule has 3 aromatic rings. The number of aromatic nitrogens is 2. The lowest BCUT2D eigenvalue weighted by Crippen LogP contribution is -2.37. The maximum absolute atomic E-state index is 12.4. The van der Waals surface area contributed by atoms with Crippen LogP contribution in [0.3, 0.4) is 0 Å². The SMILES string of the molecule is Cn1c(CCC(=O)OCC(=O)NC(=O)Nc2ccc3c(c2)OCCO3)nc2ccccc2c1=O. The van der Waals surface area contributed by atoms with Gasteiger partial charge in [0.2, 0.25) is 0 Å². The Balaban J connectivity index is 1.24.